The van der Waals surface area contributed by atoms with Crippen LogP contribution in [-0.2, 0) is 0 Å². The lowest BCUT2D eigenvalue weighted by molar-refractivity contribution is 0.366. The van der Waals surface area contributed by atoms with E-state index in [2.05, 4.69) is 17.4 Å². The van der Waals surface area contributed by atoms with Crippen LogP contribution in [0.2, 0.25) is 0 Å². The zero-order valence-electron chi connectivity index (χ0n) is 9.07. The molecule has 1 aromatic rings. The van der Waals surface area contributed by atoms with Crippen LogP contribution >= 0.6 is 0 Å². The van der Waals surface area contributed by atoms with Crippen molar-refractivity contribution in [3.8, 4) is 5.75 Å². The minimum absolute atomic E-state index is 0.322. The molecule has 0 saturated carbocycles. The summed E-state index contributed by atoms with van der Waals surface area (Å²) >= 11 is 0. The van der Waals surface area contributed by atoms with Crippen LogP contribution in [0.4, 0.5) is 0 Å². The highest BCUT2D eigenvalue weighted by Crippen LogP contribution is 2.25. The van der Waals surface area contributed by atoms with Crippen LogP contribution in [0.1, 0.15) is 24.4 Å². The first-order valence-electron chi connectivity index (χ1n) is 5.42. The lowest BCUT2D eigenvalue weighted by atomic mass is 9.94. The summed E-state index contributed by atoms with van der Waals surface area (Å²) < 4.78 is 5.21. The first kappa shape index (κ1) is 10.5. The van der Waals surface area contributed by atoms with Gasteiger partial charge in [-0.15, -0.1) is 0 Å². The van der Waals surface area contributed by atoms with E-state index in [-0.39, 0.29) is 0 Å². The molecule has 0 spiro atoms. The van der Waals surface area contributed by atoms with E-state index in [9.17, 15) is 0 Å². The molecule has 1 aromatic carbocycles. The van der Waals surface area contributed by atoms with Crippen molar-refractivity contribution in [2.75, 3.05) is 13.7 Å². The second-order valence-corrected chi connectivity index (χ2v) is 4.07. The van der Waals surface area contributed by atoms with Gasteiger partial charge in [0.2, 0.25) is 0 Å². The summed E-state index contributed by atoms with van der Waals surface area (Å²) in [6.45, 7) is 1.00. The largest absolute Gasteiger partial charge is 0.497 e. The Morgan fingerprint density at radius 3 is 3.07 bits per heavy atom. The molecule has 2 atom stereocenters. The molecule has 0 aliphatic carbocycles. The van der Waals surface area contributed by atoms with Crippen molar-refractivity contribution < 1.29 is 4.74 Å². The Balaban J connectivity index is 2.13. The smallest absolute Gasteiger partial charge is 0.119 e. The van der Waals surface area contributed by atoms with Crippen LogP contribution in [0.15, 0.2) is 24.3 Å². The summed E-state index contributed by atoms with van der Waals surface area (Å²) in [5, 5.41) is 3.48. The first-order valence-corrected chi connectivity index (χ1v) is 5.42. The lowest BCUT2D eigenvalue weighted by Gasteiger charge is -2.28. The number of hydrogen-bond acceptors (Lipinski definition) is 3. The highest BCUT2D eigenvalue weighted by atomic mass is 16.5. The normalized spacial score (nSPS) is 26.3. The van der Waals surface area contributed by atoms with E-state index >= 15 is 0 Å². The number of rotatable bonds is 2. The van der Waals surface area contributed by atoms with E-state index in [1.165, 1.54) is 5.56 Å². The van der Waals surface area contributed by atoms with E-state index in [1.54, 1.807) is 7.11 Å². The predicted molar refractivity (Wildman–Crippen MR) is 60.9 cm³/mol. The minimum Gasteiger partial charge on any atom is -0.497 e. The molecule has 1 aliphatic heterocycles. The summed E-state index contributed by atoms with van der Waals surface area (Å²) in [7, 11) is 1.69. The molecule has 82 valence electrons. The lowest BCUT2D eigenvalue weighted by Crippen LogP contribution is -2.38. The molecule has 3 nitrogen and oxygen atoms in total. The number of methoxy groups -OCH3 is 1. The van der Waals surface area contributed by atoms with Crippen molar-refractivity contribution in [3.05, 3.63) is 29.8 Å². The highest BCUT2D eigenvalue weighted by molar-refractivity contribution is 5.30. The summed E-state index contributed by atoms with van der Waals surface area (Å²) in [6.07, 6.45) is 2.08. The molecular formula is C12H18N2O. The number of benzene rings is 1. The van der Waals surface area contributed by atoms with Gasteiger partial charge in [-0.3, -0.25) is 0 Å². The molecule has 15 heavy (non-hydrogen) atoms. The maximum Gasteiger partial charge on any atom is 0.119 e. The fourth-order valence-corrected chi connectivity index (χ4v) is 2.06. The van der Waals surface area contributed by atoms with Crippen LogP contribution in [0.5, 0.6) is 5.75 Å². The first-order chi connectivity index (χ1) is 7.29. The predicted octanol–water partition coefficient (Wildman–Crippen LogP) is 1.45. The van der Waals surface area contributed by atoms with Crippen LogP contribution in [0.3, 0.4) is 0 Å². The van der Waals surface area contributed by atoms with Gasteiger partial charge in [-0.2, -0.15) is 0 Å². The van der Waals surface area contributed by atoms with Gasteiger partial charge in [-0.05, 0) is 37.1 Å². The van der Waals surface area contributed by atoms with Crippen molar-refractivity contribution >= 4 is 0 Å². The Morgan fingerprint density at radius 1 is 1.47 bits per heavy atom. The summed E-state index contributed by atoms with van der Waals surface area (Å²) in [6, 6.07) is 8.89. The van der Waals surface area contributed by atoms with E-state index in [1.807, 2.05) is 12.1 Å². The summed E-state index contributed by atoms with van der Waals surface area (Å²) in [4.78, 5) is 0. The van der Waals surface area contributed by atoms with Crippen LogP contribution < -0.4 is 15.8 Å². The standard InChI is InChI=1S/C12H18N2O/c1-15-11-4-2-3-9(7-11)12-8-10(13)5-6-14-12/h2-4,7,10,12,14H,5-6,8,13H2,1H3/t10-,12-/m0/s1. The Hall–Kier alpha value is -1.06. The zero-order valence-corrected chi connectivity index (χ0v) is 9.07. The molecule has 1 heterocycles. The molecule has 0 amide bonds. The summed E-state index contributed by atoms with van der Waals surface area (Å²) in [5.74, 6) is 0.911. The topological polar surface area (TPSA) is 47.3 Å². The molecule has 3 heteroatoms. The monoisotopic (exact) mass is 206 g/mol. The van der Waals surface area contributed by atoms with Crippen molar-refractivity contribution in [1.82, 2.24) is 5.32 Å². The van der Waals surface area contributed by atoms with Gasteiger partial charge < -0.3 is 15.8 Å². The fraction of sp³-hybridized carbons (Fsp3) is 0.500. The molecule has 0 unspecified atom stereocenters. The Kier molecular flexibility index (Phi) is 3.23. The fourth-order valence-electron chi connectivity index (χ4n) is 2.06. The third kappa shape index (κ3) is 2.49. The molecular weight excluding hydrogens is 188 g/mol. The van der Waals surface area contributed by atoms with Crippen LogP contribution in [-0.4, -0.2) is 19.7 Å². The average molecular weight is 206 g/mol. The Bertz CT molecular complexity index is 327. The summed E-state index contributed by atoms with van der Waals surface area (Å²) in [5.41, 5.74) is 7.23. The number of piperidine rings is 1. The van der Waals surface area contributed by atoms with Crippen molar-refractivity contribution in [2.45, 2.75) is 24.9 Å². The number of hydrogen-bond donors (Lipinski definition) is 2. The minimum atomic E-state index is 0.322. The maximum atomic E-state index is 5.96. The average Bonchev–Trinajstić information content (AvgIpc) is 2.29. The van der Waals surface area contributed by atoms with Gasteiger partial charge in [0.1, 0.15) is 5.75 Å². The Morgan fingerprint density at radius 2 is 2.33 bits per heavy atom. The third-order valence-corrected chi connectivity index (χ3v) is 2.94. The van der Waals surface area contributed by atoms with Crippen molar-refractivity contribution in [3.63, 3.8) is 0 Å². The number of nitrogens with two attached hydrogens (primary N) is 1. The van der Waals surface area contributed by atoms with Gasteiger partial charge in [0.25, 0.3) is 0 Å². The molecule has 3 N–H and O–H groups in total. The number of ether oxygens (including phenoxy) is 1. The van der Waals surface area contributed by atoms with Gasteiger partial charge in [0.05, 0.1) is 7.11 Å². The highest BCUT2D eigenvalue weighted by Gasteiger charge is 2.19. The van der Waals surface area contributed by atoms with Crippen molar-refractivity contribution in [2.24, 2.45) is 5.73 Å². The molecule has 0 aromatic heterocycles. The van der Waals surface area contributed by atoms with Crippen LogP contribution in [0, 0.1) is 0 Å². The van der Waals surface area contributed by atoms with Gasteiger partial charge in [0, 0.05) is 12.1 Å². The van der Waals surface area contributed by atoms with Crippen molar-refractivity contribution in [1.29, 1.82) is 0 Å². The van der Waals surface area contributed by atoms with E-state index in [4.69, 9.17) is 10.5 Å². The number of nitrogens with one attached hydrogen (secondary N) is 1. The van der Waals surface area contributed by atoms with E-state index < -0.39 is 0 Å². The van der Waals surface area contributed by atoms with Gasteiger partial charge in [0.15, 0.2) is 0 Å². The third-order valence-electron chi connectivity index (χ3n) is 2.94. The van der Waals surface area contributed by atoms with E-state index in [0.29, 0.717) is 12.1 Å². The van der Waals surface area contributed by atoms with Gasteiger partial charge in [-0.1, -0.05) is 12.1 Å². The second kappa shape index (κ2) is 4.64. The molecule has 2 rings (SSSR count). The SMILES string of the molecule is COc1cccc([C@@H]2C[C@@H](N)CCN2)c1. The maximum absolute atomic E-state index is 5.96. The molecule has 1 aliphatic rings. The quantitative estimate of drug-likeness (QED) is 0.770. The van der Waals surface area contributed by atoms with E-state index in [0.717, 1.165) is 25.1 Å². The molecule has 1 fully saturated rings. The van der Waals surface area contributed by atoms with Gasteiger partial charge >= 0.3 is 0 Å². The molecule has 1 saturated heterocycles. The van der Waals surface area contributed by atoms with Crippen LogP contribution in [0.25, 0.3) is 0 Å². The Labute approximate surface area is 90.6 Å². The zero-order chi connectivity index (χ0) is 10.7. The molecule has 0 radical (unpaired) electrons. The second-order valence-electron chi connectivity index (χ2n) is 4.07. The molecule has 0 bridgehead atoms. The van der Waals surface area contributed by atoms with Gasteiger partial charge in [-0.25, -0.2) is 0 Å².